The lowest BCUT2D eigenvalue weighted by Crippen LogP contribution is -2.24. The number of rotatable bonds is 5. The normalized spacial score (nSPS) is 10.7. The first-order valence-corrected chi connectivity index (χ1v) is 7.29. The maximum absolute atomic E-state index is 11.5. The molecule has 0 atom stereocenters. The fraction of sp³-hybridized carbons (Fsp3) is 0.188. The molecule has 1 N–H and O–H groups in total. The van der Waals surface area contributed by atoms with Crippen molar-refractivity contribution in [3.8, 4) is 0 Å². The maximum Gasteiger partial charge on any atom is 0.407 e. The Hall–Kier alpha value is -2.07. The summed E-state index contributed by atoms with van der Waals surface area (Å²) in [5.74, 6) is 0. The van der Waals surface area contributed by atoms with Gasteiger partial charge in [0.2, 0.25) is 0 Å². The molecule has 1 amide bonds. The van der Waals surface area contributed by atoms with Crippen LogP contribution in [0.1, 0.15) is 16.0 Å². The number of alkyl carbamates (subject to hydrolysis) is 1. The van der Waals surface area contributed by atoms with Gasteiger partial charge >= 0.3 is 6.09 Å². The molecule has 3 nitrogen and oxygen atoms in total. The predicted molar refractivity (Wildman–Crippen MR) is 82.7 cm³/mol. The Kier molecular flexibility index (Phi) is 5.38. The van der Waals surface area contributed by atoms with E-state index in [2.05, 4.69) is 23.7 Å². The van der Waals surface area contributed by atoms with E-state index in [0.717, 1.165) is 5.56 Å². The van der Waals surface area contributed by atoms with Crippen LogP contribution in [0.4, 0.5) is 4.79 Å². The van der Waals surface area contributed by atoms with Crippen LogP contribution in [-0.4, -0.2) is 12.6 Å². The minimum absolute atomic E-state index is 0.292. The summed E-state index contributed by atoms with van der Waals surface area (Å²) in [6.45, 7) is 2.82. The third kappa shape index (κ3) is 4.55. The van der Waals surface area contributed by atoms with E-state index in [9.17, 15) is 4.79 Å². The Labute approximate surface area is 122 Å². The van der Waals surface area contributed by atoms with Gasteiger partial charge in [0.05, 0.1) is 0 Å². The highest BCUT2D eigenvalue weighted by atomic mass is 32.1. The van der Waals surface area contributed by atoms with E-state index in [1.54, 1.807) is 11.3 Å². The van der Waals surface area contributed by atoms with Crippen molar-refractivity contribution in [2.45, 2.75) is 13.5 Å². The molecule has 0 bridgehead atoms. The van der Waals surface area contributed by atoms with Gasteiger partial charge in [0, 0.05) is 11.4 Å². The van der Waals surface area contributed by atoms with Crippen LogP contribution in [0.25, 0.3) is 6.08 Å². The molecule has 0 spiro atoms. The summed E-state index contributed by atoms with van der Waals surface area (Å²) in [4.78, 5) is 12.7. The summed E-state index contributed by atoms with van der Waals surface area (Å²) in [6, 6.07) is 11.7. The lowest BCUT2D eigenvalue weighted by Gasteiger charge is -2.05. The molecule has 104 valence electrons. The number of amides is 1. The topological polar surface area (TPSA) is 38.3 Å². The number of nitrogens with one attached hydrogen (secondary N) is 1. The van der Waals surface area contributed by atoms with Crippen molar-refractivity contribution < 1.29 is 9.53 Å². The molecule has 2 rings (SSSR count). The highest BCUT2D eigenvalue weighted by molar-refractivity contribution is 7.11. The molecule has 4 heteroatoms. The van der Waals surface area contributed by atoms with Gasteiger partial charge in [0.25, 0.3) is 0 Å². The number of carbonyl (C=O) groups excluding carboxylic acids is 1. The third-order valence-corrected chi connectivity index (χ3v) is 3.73. The molecule has 0 radical (unpaired) electrons. The zero-order valence-corrected chi connectivity index (χ0v) is 12.2. The quantitative estimate of drug-likeness (QED) is 0.902. The second-order valence-electron chi connectivity index (χ2n) is 4.31. The number of hydrogen-bond acceptors (Lipinski definition) is 3. The van der Waals surface area contributed by atoms with E-state index >= 15 is 0 Å². The molecule has 0 saturated carbocycles. The molecular formula is C16H17NO2S. The standard InChI is InChI=1S/C16H17NO2S/c1-13-9-11-20-15(13)8-5-10-17-16(18)19-12-14-6-3-2-4-7-14/h2-9,11H,10,12H2,1H3,(H,17,18). The van der Waals surface area contributed by atoms with Gasteiger partial charge in [-0.05, 0) is 35.6 Å². The fourth-order valence-electron chi connectivity index (χ4n) is 1.64. The molecule has 0 fully saturated rings. The number of aryl methyl sites for hydroxylation is 1. The zero-order chi connectivity index (χ0) is 14.2. The van der Waals surface area contributed by atoms with Crippen molar-refractivity contribution in [2.24, 2.45) is 0 Å². The van der Waals surface area contributed by atoms with Crippen LogP contribution in [-0.2, 0) is 11.3 Å². The second kappa shape index (κ2) is 7.50. The molecule has 20 heavy (non-hydrogen) atoms. The Morgan fingerprint density at radius 2 is 2.10 bits per heavy atom. The van der Waals surface area contributed by atoms with Gasteiger partial charge in [-0.25, -0.2) is 4.79 Å². The molecule has 2 aromatic rings. The number of ether oxygens (including phenoxy) is 1. The fourth-order valence-corrected chi connectivity index (χ4v) is 2.49. The van der Waals surface area contributed by atoms with Crippen LogP contribution in [0.15, 0.2) is 47.9 Å². The average Bonchev–Trinajstić information content (AvgIpc) is 2.88. The first-order valence-electron chi connectivity index (χ1n) is 6.41. The molecule has 0 unspecified atom stereocenters. The number of benzene rings is 1. The van der Waals surface area contributed by atoms with E-state index in [1.165, 1.54) is 10.4 Å². The molecular weight excluding hydrogens is 270 g/mol. The van der Waals surface area contributed by atoms with Crippen molar-refractivity contribution in [1.29, 1.82) is 0 Å². The van der Waals surface area contributed by atoms with Gasteiger partial charge in [0.15, 0.2) is 0 Å². The molecule has 0 aliphatic carbocycles. The van der Waals surface area contributed by atoms with E-state index in [1.807, 2.05) is 42.5 Å². The van der Waals surface area contributed by atoms with Crippen LogP contribution < -0.4 is 5.32 Å². The summed E-state index contributed by atoms with van der Waals surface area (Å²) in [6.07, 6.45) is 3.53. The molecule has 1 aromatic carbocycles. The minimum Gasteiger partial charge on any atom is -0.445 e. The highest BCUT2D eigenvalue weighted by Crippen LogP contribution is 2.16. The summed E-state index contributed by atoms with van der Waals surface area (Å²) in [7, 11) is 0. The number of thiophene rings is 1. The lowest BCUT2D eigenvalue weighted by atomic mass is 10.2. The summed E-state index contributed by atoms with van der Waals surface area (Å²) in [5, 5.41) is 4.74. The maximum atomic E-state index is 11.5. The van der Waals surface area contributed by atoms with Gasteiger partial charge in [0.1, 0.15) is 6.61 Å². The van der Waals surface area contributed by atoms with Gasteiger partial charge in [-0.3, -0.25) is 0 Å². The van der Waals surface area contributed by atoms with Crippen molar-refractivity contribution in [3.05, 3.63) is 63.9 Å². The lowest BCUT2D eigenvalue weighted by molar-refractivity contribution is 0.141. The van der Waals surface area contributed by atoms with E-state index < -0.39 is 6.09 Å². The molecule has 0 aliphatic rings. The summed E-state index contributed by atoms with van der Waals surface area (Å²) < 4.78 is 5.11. The van der Waals surface area contributed by atoms with Crippen LogP contribution >= 0.6 is 11.3 Å². The largest absolute Gasteiger partial charge is 0.445 e. The SMILES string of the molecule is Cc1ccsc1C=CCNC(=O)OCc1ccccc1. The van der Waals surface area contributed by atoms with Crippen molar-refractivity contribution in [2.75, 3.05) is 6.54 Å². The summed E-state index contributed by atoms with van der Waals surface area (Å²) >= 11 is 1.69. The van der Waals surface area contributed by atoms with Gasteiger partial charge in [-0.1, -0.05) is 36.4 Å². The van der Waals surface area contributed by atoms with Crippen LogP contribution in [0.2, 0.25) is 0 Å². The second-order valence-corrected chi connectivity index (χ2v) is 5.26. The molecule has 0 aliphatic heterocycles. The van der Waals surface area contributed by atoms with Crippen LogP contribution in [0, 0.1) is 6.92 Å². The Bertz CT molecular complexity index is 575. The van der Waals surface area contributed by atoms with Gasteiger partial charge in [-0.15, -0.1) is 11.3 Å². The molecule has 1 heterocycles. The monoisotopic (exact) mass is 287 g/mol. The van der Waals surface area contributed by atoms with Crippen LogP contribution in [0.5, 0.6) is 0 Å². The number of carbonyl (C=O) groups is 1. The third-order valence-electron chi connectivity index (χ3n) is 2.75. The van der Waals surface area contributed by atoms with Gasteiger partial charge in [-0.2, -0.15) is 0 Å². The Balaban J connectivity index is 1.68. The number of hydrogen-bond donors (Lipinski definition) is 1. The van der Waals surface area contributed by atoms with Crippen molar-refractivity contribution in [3.63, 3.8) is 0 Å². The Morgan fingerprint density at radius 3 is 2.80 bits per heavy atom. The molecule has 0 saturated heterocycles. The van der Waals surface area contributed by atoms with E-state index in [4.69, 9.17) is 4.74 Å². The summed E-state index contributed by atoms with van der Waals surface area (Å²) in [5.41, 5.74) is 2.23. The van der Waals surface area contributed by atoms with Crippen molar-refractivity contribution in [1.82, 2.24) is 5.32 Å². The van der Waals surface area contributed by atoms with Gasteiger partial charge < -0.3 is 10.1 Å². The Morgan fingerprint density at radius 1 is 1.30 bits per heavy atom. The first kappa shape index (κ1) is 14.3. The predicted octanol–water partition coefficient (Wildman–Crippen LogP) is 4.00. The smallest absolute Gasteiger partial charge is 0.407 e. The zero-order valence-electron chi connectivity index (χ0n) is 11.3. The van der Waals surface area contributed by atoms with E-state index in [0.29, 0.717) is 13.2 Å². The first-order chi connectivity index (χ1) is 9.75. The minimum atomic E-state index is -0.401. The average molecular weight is 287 g/mol. The molecule has 1 aromatic heterocycles. The van der Waals surface area contributed by atoms with E-state index in [-0.39, 0.29) is 0 Å². The van der Waals surface area contributed by atoms with Crippen LogP contribution in [0.3, 0.4) is 0 Å². The highest BCUT2D eigenvalue weighted by Gasteiger charge is 2.00. The van der Waals surface area contributed by atoms with Crippen molar-refractivity contribution >= 4 is 23.5 Å².